The number of aromatic nitrogens is 2. The van der Waals surface area contributed by atoms with Crippen molar-refractivity contribution < 1.29 is 46.1 Å². The number of ether oxygens (including phenoxy) is 2. The number of rotatable bonds is 6. The molecule has 3 aromatic carbocycles. The van der Waals surface area contributed by atoms with Crippen molar-refractivity contribution in [1.82, 2.24) is 9.78 Å². The van der Waals surface area contributed by atoms with Crippen LogP contribution in [0.25, 0.3) is 5.69 Å². The lowest BCUT2D eigenvalue weighted by atomic mass is 9.91. The van der Waals surface area contributed by atoms with E-state index < -0.39 is 36.1 Å². The zero-order valence-electron chi connectivity index (χ0n) is 22.9. The molecular weight excluding hydrogens is 591 g/mol. The molecule has 1 aliphatic heterocycles. The van der Waals surface area contributed by atoms with Crippen LogP contribution >= 0.6 is 0 Å². The lowest BCUT2D eigenvalue weighted by molar-refractivity contribution is -0.286. The Hall–Kier alpha value is -5.14. The summed E-state index contributed by atoms with van der Waals surface area (Å²) in [6.45, 7) is 0. The van der Waals surface area contributed by atoms with Gasteiger partial charge in [0.2, 0.25) is 0 Å². The molecule has 14 heteroatoms. The van der Waals surface area contributed by atoms with E-state index in [1.807, 2.05) is 0 Å². The molecule has 0 spiro atoms. The van der Waals surface area contributed by atoms with Crippen molar-refractivity contribution in [2.45, 2.75) is 37.8 Å². The fourth-order valence-corrected chi connectivity index (χ4v) is 5.39. The number of carbonyl (C=O) groups excluding carboxylic acids is 1. The van der Waals surface area contributed by atoms with Crippen LogP contribution in [0.2, 0.25) is 0 Å². The van der Waals surface area contributed by atoms with Crippen molar-refractivity contribution in [3.8, 4) is 17.2 Å². The molecule has 0 bridgehead atoms. The number of fused-ring (bicyclic) bond motifs is 2. The lowest BCUT2D eigenvalue weighted by Crippen LogP contribution is -2.26. The van der Waals surface area contributed by atoms with E-state index in [0.29, 0.717) is 18.5 Å². The molecule has 2 aliphatic rings. The quantitative estimate of drug-likeness (QED) is 0.234. The predicted molar refractivity (Wildman–Crippen MR) is 147 cm³/mol. The molecule has 9 nitrogen and oxygen atoms in total. The number of nitrogens with one attached hydrogen (secondary N) is 1. The number of alkyl halides is 5. The Morgan fingerprint density at radius 2 is 1.75 bits per heavy atom. The van der Waals surface area contributed by atoms with E-state index >= 15 is 0 Å². The van der Waals surface area contributed by atoms with Crippen molar-refractivity contribution in [3.05, 3.63) is 94.8 Å². The Balaban J connectivity index is 1.34. The van der Waals surface area contributed by atoms with Gasteiger partial charge in [0.1, 0.15) is 0 Å². The second-order valence-electron chi connectivity index (χ2n) is 10.3. The highest BCUT2D eigenvalue weighted by atomic mass is 19.4. The van der Waals surface area contributed by atoms with Gasteiger partial charge >= 0.3 is 18.4 Å². The second kappa shape index (κ2) is 10.5. The maximum absolute atomic E-state index is 14.1. The van der Waals surface area contributed by atoms with Crippen molar-refractivity contribution in [2.24, 2.45) is 0 Å². The molecule has 1 aromatic heterocycles. The molecule has 2 N–H and O–H groups in total. The molecule has 4 aromatic rings. The Morgan fingerprint density at radius 3 is 2.45 bits per heavy atom. The minimum Gasteiger partial charge on any atom is -0.478 e. The second-order valence-corrected chi connectivity index (χ2v) is 10.3. The highest BCUT2D eigenvalue weighted by Gasteiger charge is 2.44. The summed E-state index contributed by atoms with van der Waals surface area (Å²) in [6.07, 6.45) is -7.49. The van der Waals surface area contributed by atoms with Gasteiger partial charge in [0.15, 0.2) is 17.2 Å². The van der Waals surface area contributed by atoms with Crippen molar-refractivity contribution in [3.63, 3.8) is 0 Å². The van der Waals surface area contributed by atoms with Crippen LogP contribution in [-0.4, -0.2) is 40.1 Å². The predicted octanol–water partition coefficient (Wildman–Crippen LogP) is 6.68. The number of hydrogen-bond donors (Lipinski definition) is 2. The van der Waals surface area contributed by atoms with Crippen LogP contribution in [0.15, 0.2) is 66.7 Å². The minimum absolute atomic E-state index is 0.0365. The first-order valence-corrected chi connectivity index (χ1v) is 13.4. The maximum Gasteiger partial charge on any atom is 0.586 e. The van der Waals surface area contributed by atoms with Gasteiger partial charge in [-0.3, -0.25) is 4.79 Å². The number of amides is 1. The Morgan fingerprint density at radius 1 is 1.02 bits per heavy atom. The normalized spacial score (nSPS) is 16.7. The fourth-order valence-electron chi connectivity index (χ4n) is 5.39. The Kier molecular flexibility index (Phi) is 6.94. The van der Waals surface area contributed by atoms with Gasteiger partial charge in [0.25, 0.3) is 5.91 Å². The van der Waals surface area contributed by atoms with Crippen molar-refractivity contribution in [1.29, 1.82) is 0 Å². The Bertz CT molecular complexity index is 1770. The molecule has 1 aliphatic carbocycles. The van der Waals surface area contributed by atoms with Gasteiger partial charge in [0, 0.05) is 35.6 Å². The summed E-state index contributed by atoms with van der Waals surface area (Å²) < 4.78 is 79.4. The number of halogens is 5. The molecule has 1 amide bonds. The van der Waals surface area contributed by atoms with E-state index in [2.05, 4.69) is 19.9 Å². The minimum atomic E-state index is -4.73. The standard InChI is InChI=1S/C30H23F5N4O5/c1-38(19-12-13-23-24(15-19)44-30(34,35)43-23)27(40)17-4-2-5-20(14-17)39-25-21(26(37-39)29(31,32)33)6-3-7-22(25)36-18-10-8-16(9-11-18)28(41)42/h2,4-5,8-15,22,36H,3,6-7H2,1H3,(H,41,42). The third kappa shape index (κ3) is 5.38. The van der Waals surface area contributed by atoms with Gasteiger partial charge in [-0.1, -0.05) is 6.07 Å². The van der Waals surface area contributed by atoms with E-state index in [1.54, 1.807) is 0 Å². The summed E-state index contributed by atoms with van der Waals surface area (Å²) >= 11 is 0. The average Bonchev–Trinajstić information content (AvgIpc) is 3.53. The number of benzene rings is 3. The van der Waals surface area contributed by atoms with Crippen LogP contribution < -0.4 is 19.7 Å². The molecule has 0 fully saturated rings. The smallest absolute Gasteiger partial charge is 0.478 e. The largest absolute Gasteiger partial charge is 0.586 e. The number of aromatic carboxylic acids is 1. The van der Waals surface area contributed by atoms with Gasteiger partial charge in [0.05, 0.1) is 23.0 Å². The first kappa shape index (κ1) is 29.0. The Labute approximate surface area is 246 Å². The van der Waals surface area contributed by atoms with Gasteiger partial charge in [-0.2, -0.15) is 18.3 Å². The number of carboxylic acids is 1. The molecule has 2 heterocycles. The number of carbonyl (C=O) groups is 2. The highest BCUT2D eigenvalue weighted by molar-refractivity contribution is 6.06. The lowest BCUT2D eigenvalue weighted by Gasteiger charge is -2.27. The SMILES string of the molecule is CN(C(=O)c1cccc(-n2nc(C(F)(F)F)c3c2C(Nc2ccc(C(=O)O)cc2)CCC3)c1)c1ccc2c(c1)OC(F)(F)O2. The number of carboxylic acid groups (broad SMARTS) is 1. The molecule has 1 unspecified atom stereocenters. The van der Waals surface area contributed by atoms with Gasteiger partial charge < -0.3 is 24.8 Å². The molecule has 0 saturated carbocycles. The molecule has 0 radical (unpaired) electrons. The van der Waals surface area contributed by atoms with Crippen molar-refractivity contribution >= 4 is 23.3 Å². The third-order valence-corrected chi connectivity index (χ3v) is 7.43. The van der Waals surface area contributed by atoms with Crippen LogP contribution in [0.5, 0.6) is 11.5 Å². The fraction of sp³-hybridized carbons (Fsp3) is 0.233. The highest BCUT2D eigenvalue weighted by Crippen LogP contribution is 2.44. The summed E-state index contributed by atoms with van der Waals surface area (Å²) in [5, 5.41) is 16.4. The molecular formula is C30H23F5N4O5. The molecule has 228 valence electrons. The zero-order valence-corrected chi connectivity index (χ0v) is 22.9. The summed E-state index contributed by atoms with van der Waals surface area (Å²) in [5.74, 6) is -2.11. The van der Waals surface area contributed by atoms with E-state index in [0.717, 1.165) is 0 Å². The van der Waals surface area contributed by atoms with Crippen LogP contribution in [0.1, 0.15) is 56.6 Å². The van der Waals surface area contributed by atoms with Gasteiger partial charge in [-0.15, -0.1) is 8.78 Å². The van der Waals surface area contributed by atoms with Crippen LogP contribution in [-0.2, 0) is 12.6 Å². The van der Waals surface area contributed by atoms with Gasteiger partial charge in [-0.25, -0.2) is 9.48 Å². The summed E-state index contributed by atoms with van der Waals surface area (Å²) in [6, 6.07) is 15.0. The number of anilines is 2. The van der Waals surface area contributed by atoms with E-state index in [4.69, 9.17) is 0 Å². The van der Waals surface area contributed by atoms with Gasteiger partial charge in [-0.05, 0) is 73.9 Å². The van der Waals surface area contributed by atoms with E-state index in [1.165, 1.54) is 83.4 Å². The van der Waals surface area contributed by atoms with Crippen LogP contribution in [0.4, 0.5) is 33.3 Å². The molecule has 44 heavy (non-hydrogen) atoms. The summed E-state index contributed by atoms with van der Waals surface area (Å²) in [4.78, 5) is 25.8. The monoisotopic (exact) mass is 614 g/mol. The molecule has 1 atom stereocenters. The topological polar surface area (TPSA) is 106 Å². The van der Waals surface area contributed by atoms with Crippen molar-refractivity contribution in [2.75, 3.05) is 17.3 Å². The summed E-state index contributed by atoms with van der Waals surface area (Å²) in [5.41, 5.74) is 0.401. The first-order chi connectivity index (χ1) is 20.8. The zero-order chi connectivity index (χ0) is 31.4. The van der Waals surface area contributed by atoms with E-state index in [9.17, 15) is 36.6 Å². The van der Waals surface area contributed by atoms with Crippen LogP contribution in [0.3, 0.4) is 0 Å². The molecule has 6 rings (SSSR count). The maximum atomic E-state index is 14.1. The molecule has 0 saturated heterocycles. The average molecular weight is 615 g/mol. The van der Waals surface area contributed by atoms with Crippen LogP contribution in [0, 0.1) is 0 Å². The first-order valence-electron chi connectivity index (χ1n) is 13.4. The number of nitrogens with zero attached hydrogens (tertiary/aromatic N) is 3. The van der Waals surface area contributed by atoms with E-state index in [-0.39, 0.29) is 51.7 Å². The third-order valence-electron chi connectivity index (χ3n) is 7.43. The summed E-state index contributed by atoms with van der Waals surface area (Å²) in [7, 11) is 1.41. The number of hydrogen-bond acceptors (Lipinski definition) is 6.